The summed E-state index contributed by atoms with van der Waals surface area (Å²) in [5.41, 5.74) is 1.39. The van der Waals surface area contributed by atoms with Crippen LogP contribution in [0, 0.1) is 6.92 Å². The first-order valence-corrected chi connectivity index (χ1v) is 4.12. The van der Waals surface area contributed by atoms with Crippen molar-refractivity contribution in [2.24, 2.45) is 0 Å². The van der Waals surface area contributed by atoms with Gasteiger partial charge in [-0.1, -0.05) is 12.2 Å². The van der Waals surface area contributed by atoms with Crippen molar-refractivity contribution in [1.82, 2.24) is 4.98 Å². The fourth-order valence-electron chi connectivity index (χ4n) is 1.08. The Morgan fingerprint density at radius 3 is 2.93 bits per heavy atom. The number of aryl methyl sites for hydroxylation is 1. The highest BCUT2D eigenvalue weighted by Crippen LogP contribution is 2.10. The number of aromatic nitrogens is 1. The lowest BCUT2D eigenvalue weighted by atomic mass is 10.1. The van der Waals surface area contributed by atoms with Gasteiger partial charge >= 0.3 is 5.97 Å². The normalized spacial score (nSPS) is 10.7. The molecule has 0 aliphatic carbocycles. The largest absolute Gasteiger partial charge is 0.476 e. The van der Waals surface area contributed by atoms with Gasteiger partial charge in [-0.25, -0.2) is 9.78 Å². The number of aromatic carboxylic acids is 1. The maximum atomic E-state index is 10.7. The van der Waals surface area contributed by atoms with Crippen LogP contribution in [-0.2, 0) is 0 Å². The molecule has 0 atom stereocenters. The van der Waals surface area contributed by atoms with Crippen molar-refractivity contribution in [2.45, 2.75) is 6.92 Å². The molecule has 0 saturated heterocycles. The summed E-state index contributed by atoms with van der Waals surface area (Å²) in [5, 5.41) is 17.4. The number of hydrogen-bond donors (Lipinski definition) is 2. The summed E-state index contributed by atoms with van der Waals surface area (Å²) < 4.78 is 0. The van der Waals surface area contributed by atoms with Gasteiger partial charge in [0.15, 0.2) is 5.69 Å². The zero-order chi connectivity index (χ0) is 10.6. The van der Waals surface area contributed by atoms with Crippen LogP contribution in [0.2, 0.25) is 0 Å². The van der Waals surface area contributed by atoms with Crippen LogP contribution in [0.1, 0.15) is 21.6 Å². The van der Waals surface area contributed by atoms with E-state index in [1.807, 2.05) is 6.92 Å². The van der Waals surface area contributed by atoms with Crippen LogP contribution in [0.15, 0.2) is 18.3 Å². The summed E-state index contributed by atoms with van der Waals surface area (Å²) in [6, 6.07) is 1.71. The van der Waals surface area contributed by atoms with Gasteiger partial charge in [-0.3, -0.25) is 0 Å². The molecule has 1 rings (SSSR count). The number of carboxylic acids is 1. The zero-order valence-corrected chi connectivity index (χ0v) is 7.77. The van der Waals surface area contributed by atoms with E-state index in [4.69, 9.17) is 10.2 Å². The van der Waals surface area contributed by atoms with Crippen molar-refractivity contribution < 1.29 is 15.0 Å². The Hall–Kier alpha value is -1.68. The molecule has 0 spiro atoms. The summed E-state index contributed by atoms with van der Waals surface area (Å²) >= 11 is 0. The molecule has 1 aromatic rings. The van der Waals surface area contributed by atoms with E-state index in [1.54, 1.807) is 12.1 Å². The predicted molar refractivity (Wildman–Crippen MR) is 52.1 cm³/mol. The monoisotopic (exact) mass is 193 g/mol. The molecule has 14 heavy (non-hydrogen) atoms. The highest BCUT2D eigenvalue weighted by atomic mass is 16.4. The molecule has 0 amide bonds. The average molecular weight is 193 g/mol. The number of pyridine rings is 1. The number of aliphatic hydroxyl groups excluding tert-OH is 1. The standard InChI is InChI=1S/C10H11NO3/c1-7-5-8(3-2-4-12)9(10(13)14)11-6-7/h2-3,5-6,12H,4H2,1H3,(H,13,14). The van der Waals surface area contributed by atoms with Gasteiger partial charge in [-0.05, 0) is 18.6 Å². The van der Waals surface area contributed by atoms with Crippen molar-refractivity contribution in [3.8, 4) is 0 Å². The third kappa shape index (κ3) is 2.40. The van der Waals surface area contributed by atoms with E-state index >= 15 is 0 Å². The molecule has 0 fully saturated rings. The van der Waals surface area contributed by atoms with Gasteiger partial charge in [0.2, 0.25) is 0 Å². The maximum Gasteiger partial charge on any atom is 0.355 e. The number of hydrogen-bond acceptors (Lipinski definition) is 3. The summed E-state index contributed by atoms with van der Waals surface area (Å²) in [5.74, 6) is -1.07. The van der Waals surface area contributed by atoms with Crippen molar-refractivity contribution in [3.05, 3.63) is 35.2 Å². The molecule has 1 aromatic heterocycles. The van der Waals surface area contributed by atoms with Gasteiger partial charge in [0.05, 0.1) is 6.61 Å². The molecule has 4 heteroatoms. The van der Waals surface area contributed by atoms with Gasteiger partial charge in [-0.15, -0.1) is 0 Å². The minimum absolute atomic E-state index is 0.000278. The molecule has 0 saturated carbocycles. The Bertz CT molecular complexity index is 372. The fourth-order valence-corrected chi connectivity index (χ4v) is 1.08. The zero-order valence-electron chi connectivity index (χ0n) is 7.77. The Morgan fingerprint density at radius 1 is 1.64 bits per heavy atom. The van der Waals surface area contributed by atoms with Gasteiger partial charge < -0.3 is 10.2 Å². The topological polar surface area (TPSA) is 70.4 Å². The van der Waals surface area contributed by atoms with E-state index < -0.39 is 5.97 Å². The van der Waals surface area contributed by atoms with E-state index in [0.717, 1.165) is 5.56 Å². The second-order valence-electron chi connectivity index (χ2n) is 2.84. The van der Waals surface area contributed by atoms with Crippen LogP contribution >= 0.6 is 0 Å². The van der Waals surface area contributed by atoms with E-state index in [2.05, 4.69) is 4.98 Å². The molecule has 1 heterocycles. The van der Waals surface area contributed by atoms with Gasteiger partial charge in [0, 0.05) is 11.8 Å². The highest BCUT2D eigenvalue weighted by molar-refractivity contribution is 5.89. The first-order valence-electron chi connectivity index (χ1n) is 4.12. The third-order valence-electron chi connectivity index (χ3n) is 1.66. The second kappa shape index (κ2) is 4.53. The predicted octanol–water partition coefficient (Wildman–Crippen LogP) is 1.09. The first kappa shape index (κ1) is 10.4. The molecule has 74 valence electrons. The molecule has 0 aliphatic rings. The lowest BCUT2D eigenvalue weighted by molar-refractivity contribution is 0.0690. The molecule has 4 nitrogen and oxygen atoms in total. The molecule has 2 N–H and O–H groups in total. The van der Waals surface area contributed by atoms with Crippen LogP contribution in [0.4, 0.5) is 0 Å². The number of rotatable bonds is 3. The van der Waals surface area contributed by atoms with Crippen LogP contribution in [0.25, 0.3) is 6.08 Å². The smallest absolute Gasteiger partial charge is 0.355 e. The maximum absolute atomic E-state index is 10.7. The molecule has 0 unspecified atom stereocenters. The lowest BCUT2D eigenvalue weighted by Gasteiger charge is -2.00. The summed E-state index contributed by atoms with van der Waals surface area (Å²) in [6.07, 6.45) is 4.52. The van der Waals surface area contributed by atoms with Crippen LogP contribution < -0.4 is 0 Å². The third-order valence-corrected chi connectivity index (χ3v) is 1.66. The molecular formula is C10H11NO3. The van der Waals surface area contributed by atoms with Crippen molar-refractivity contribution >= 4 is 12.0 Å². The Balaban J connectivity index is 3.15. The van der Waals surface area contributed by atoms with Crippen LogP contribution in [0.5, 0.6) is 0 Å². The SMILES string of the molecule is Cc1cnc(C(=O)O)c(C=CCO)c1. The van der Waals surface area contributed by atoms with Gasteiger partial charge in [-0.2, -0.15) is 0 Å². The Labute approximate surface area is 81.5 Å². The van der Waals surface area contributed by atoms with Crippen molar-refractivity contribution in [3.63, 3.8) is 0 Å². The first-order chi connectivity index (χ1) is 6.65. The molecule has 0 aliphatic heterocycles. The minimum atomic E-state index is -1.07. The highest BCUT2D eigenvalue weighted by Gasteiger charge is 2.08. The van der Waals surface area contributed by atoms with Crippen molar-refractivity contribution in [1.29, 1.82) is 0 Å². The van der Waals surface area contributed by atoms with Gasteiger partial charge in [0.25, 0.3) is 0 Å². The number of carboxylic acid groups (broad SMARTS) is 1. The van der Waals surface area contributed by atoms with Crippen LogP contribution in [0.3, 0.4) is 0 Å². The lowest BCUT2D eigenvalue weighted by Crippen LogP contribution is -2.03. The minimum Gasteiger partial charge on any atom is -0.476 e. The average Bonchev–Trinajstić information content (AvgIpc) is 2.14. The molecule has 0 bridgehead atoms. The second-order valence-corrected chi connectivity index (χ2v) is 2.84. The van der Waals surface area contributed by atoms with Gasteiger partial charge in [0.1, 0.15) is 0 Å². The number of carbonyl (C=O) groups is 1. The number of aliphatic hydroxyl groups is 1. The van der Waals surface area contributed by atoms with E-state index in [1.165, 1.54) is 12.3 Å². The van der Waals surface area contributed by atoms with Crippen LogP contribution in [-0.4, -0.2) is 27.8 Å². The van der Waals surface area contributed by atoms with E-state index in [9.17, 15) is 4.79 Å². The Morgan fingerprint density at radius 2 is 2.36 bits per heavy atom. The quantitative estimate of drug-likeness (QED) is 0.753. The fraction of sp³-hybridized carbons (Fsp3) is 0.200. The Kier molecular flexibility index (Phi) is 3.36. The van der Waals surface area contributed by atoms with E-state index in [0.29, 0.717) is 5.56 Å². The summed E-state index contributed by atoms with van der Waals surface area (Å²) in [4.78, 5) is 14.5. The number of nitrogens with zero attached hydrogens (tertiary/aromatic N) is 1. The van der Waals surface area contributed by atoms with E-state index in [-0.39, 0.29) is 12.3 Å². The summed E-state index contributed by atoms with van der Waals surface area (Å²) in [6.45, 7) is 1.71. The summed E-state index contributed by atoms with van der Waals surface area (Å²) in [7, 11) is 0. The molecular weight excluding hydrogens is 182 g/mol. The molecule has 0 radical (unpaired) electrons. The molecule has 0 aromatic carbocycles. The van der Waals surface area contributed by atoms with Crippen molar-refractivity contribution in [2.75, 3.05) is 6.61 Å².